The van der Waals surface area contributed by atoms with Crippen LogP contribution in [0.5, 0.6) is 11.5 Å². The van der Waals surface area contributed by atoms with Crippen LogP contribution in [0.25, 0.3) is 0 Å². The summed E-state index contributed by atoms with van der Waals surface area (Å²) >= 11 is 1.43. The number of hydrogen-bond donors (Lipinski definition) is 5. The van der Waals surface area contributed by atoms with Gasteiger partial charge in [0, 0.05) is 28.2 Å². The minimum atomic E-state index is -1.40. The Hall–Kier alpha value is -3.78. The molecular weight excluding hydrogens is 630 g/mol. The second-order valence-corrected chi connectivity index (χ2v) is 16.0. The molecule has 5 fully saturated rings. The van der Waals surface area contributed by atoms with Crippen molar-refractivity contribution in [3.8, 4) is 23.3 Å². The number of rotatable bonds is 7. The van der Waals surface area contributed by atoms with Crippen molar-refractivity contribution in [2.45, 2.75) is 100 Å². The van der Waals surface area contributed by atoms with E-state index in [1.54, 1.807) is 0 Å². The van der Waals surface area contributed by atoms with Gasteiger partial charge in [0.2, 0.25) is 5.91 Å². The highest BCUT2D eigenvalue weighted by molar-refractivity contribution is 8.04. The number of aliphatic hydroxyl groups is 1. The van der Waals surface area contributed by atoms with Crippen LogP contribution in [-0.4, -0.2) is 55.4 Å². The Morgan fingerprint density at radius 3 is 2.48 bits per heavy atom. The molecule has 2 aromatic carbocycles. The van der Waals surface area contributed by atoms with E-state index in [4.69, 9.17) is 4.74 Å². The molecule has 0 radical (unpaired) electrons. The smallest absolute Gasteiger partial charge is 0.339 e. The summed E-state index contributed by atoms with van der Waals surface area (Å²) in [6.45, 7) is 4.12. The summed E-state index contributed by atoms with van der Waals surface area (Å²) in [6.07, 6.45) is 9.32. The highest BCUT2D eigenvalue weighted by Gasteiger charge is 2.72. The zero-order chi connectivity index (χ0) is 34.1. The van der Waals surface area contributed by atoms with E-state index in [0.717, 1.165) is 61.1 Å². The van der Waals surface area contributed by atoms with E-state index in [2.05, 4.69) is 30.2 Å². The van der Waals surface area contributed by atoms with E-state index in [1.807, 2.05) is 31.2 Å². The molecule has 10 heteroatoms. The molecule has 0 unspecified atom stereocenters. The summed E-state index contributed by atoms with van der Waals surface area (Å²) in [6, 6.07) is 9.90. The van der Waals surface area contributed by atoms with Gasteiger partial charge in [0.25, 0.3) is 0 Å². The number of hydrogen-bond acceptors (Lipinski definition) is 8. The van der Waals surface area contributed by atoms with E-state index >= 15 is 0 Å². The minimum absolute atomic E-state index is 0.0413. The van der Waals surface area contributed by atoms with Crippen LogP contribution in [0.1, 0.15) is 94.0 Å². The number of ether oxygens (including phenoxy) is 1. The largest absolute Gasteiger partial charge is 0.506 e. The molecular formula is C38H41NO8S. The van der Waals surface area contributed by atoms with Gasteiger partial charge in [0.15, 0.2) is 11.5 Å². The van der Waals surface area contributed by atoms with Gasteiger partial charge < -0.3 is 30.5 Å². The standard InChI is InChI=1S/C38H41NO8S/c1-35(16-13-29(41)39-30-26(40)11-10-25(31(30)42)34(44)45)32-27-18-23-19-37(32,21-36(23,2)47-27)20-28(33(35)43)48-24-8-6-22(7-9-24)12-17-38(46)14-4-3-5-15-38/h6-11,20,23,27,32,40,42,46H,3-5,13-16,18-19,21H2,1-2H3,(H,39,41)(H,44,45)/t23-,27+,32+,35+,36+,37-/m1/s1. The van der Waals surface area contributed by atoms with Gasteiger partial charge in [-0.25, -0.2) is 4.79 Å². The molecule has 9 nitrogen and oxygen atoms in total. The predicted octanol–water partition coefficient (Wildman–Crippen LogP) is 6.40. The fraction of sp³-hybridized carbons (Fsp3) is 0.500. The molecule has 6 aliphatic rings. The van der Waals surface area contributed by atoms with Crippen LogP contribution >= 0.6 is 11.8 Å². The third-order valence-corrected chi connectivity index (χ3v) is 12.7. The predicted molar refractivity (Wildman–Crippen MR) is 180 cm³/mol. The Morgan fingerprint density at radius 2 is 1.79 bits per heavy atom. The van der Waals surface area contributed by atoms with Gasteiger partial charge in [-0.05, 0) is 106 Å². The number of nitrogens with one attached hydrogen (secondary N) is 1. The lowest BCUT2D eigenvalue weighted by Crippen LogP contribution is -2.57. The van der Waals surface area contributed by atoms with Crippen molar-refractivity contribution in [2.24, 2.45) is 22.7 Å². The fourth-order valence-electron chi connectivity index (χ4n) is 9.47. The van der Waals surface area contributed by atoms with Crippen LogP contribution in [-0.2, 0) is 14.3 Å². The molecule has 2 aromatic rings. The average Bonchev–Trinajstić information content (AvgIpc) is 3.41. The molecule has 4 bridgehead atoms. The topological polar surface area (TPSA) is 153 Å². The molecule has 48 heavy (non-hydrogen) atoms. The molecule has 8 rings (SSSR count). The first kappa shape index (κ1) is 32.8. The number of carbonyl (C=O) groups excluding carboxylic acids is 2. The lowest BCUT2D eigenvalue weighted by molar-refractivity contribution is -0.169. The summed E-state index contributed by atoms with van der Waals surface area (Å²) in [7, 11) is 0. The summed E-state index contributed by atoms with van der Waals surface area (Å²) in [5, 5.41) is 43.3. The second-order valence-electron chi connectivity index (χ2n) is 14.9. The van der Waals surface area contributed by atoms with Crippen molar-refractivity contribution in [1.29, 1.82) is 0 Å². The summed E-state index contributed by atoms with van der Waals surface area (Å²) < 4.78 is 6.62. The van der Waals surface area contributed by atoms with Crippen LogP contribution in [0.3, 0.4) is 0 Å². The Kier molecular flexibility index (Phi) is 7.97. The van der Waals surface area contributed by atoms with Gasteiger partial charge in [-0.1, -0.05) is 43.0 Å². The first-order chi connectivity index (χ1) is 22.7. The van der Waals surface area contributed by atoms with E-state index in [9.17, 15) is 34.8 Å². The molecule has 0 aromatic heterocycles. The van der Waals surface area contributed by atoms with Crippen LogP contribution < -0.4 is 5.32 Å². The van der Waals surface area contributed by atoms with E-state index < -0.39 is 40.0 Å². The number of benzene rings is 2. The zero-order valence-electron chi connectivity index (χ0n) is 27.2. The molecule has 2 saturated heterocycles. The SMILES string of the molecule is C[C@]12C[C@@]34C=C(Sc5ccc(C#CC6(O)CCCCC6)cc5)C(=O)[C@@](C)(CCC(=O)Nc5c(O)ccc(C(=O)O)c5O)[C@@H]3[C@H](C[C@@H]1C4)O2. The molecule has 6 atom stereocenters. The quantitative estimate of drug-likeness (QED) is 0.166. The molecule has 1 amide bonds. The molecule has 2 heterocycles. The first-order valence-corrected chi connectivity index (χ1v) is 17.6. The van der Waals surface area contributed by atoms with Crippen LogP contribution in [0.4, 0.5) is 5.69 Å². The number of thioether (sulfide) groups is 1. The van der Waals surface area contributed by atoms with Gasteiger partial charge in [0.05, 0.1) is 16.6 Å². The van der Waals surface area contributed by atoms with Crippen molar-refractivity contribution in [2.75, 3.05) is 5.32 Å². The van der Waals surface area contributed by atoms with E-state index in [0.29, 0.717) is 23.7 Å². The third kappa shape index (κ3) is 5.50. The Labute approximate surface area is 284 Å². The minimum Gasteiger partial charge on any atom is -0.506 e. The number of aromatic carboxylic acids is 1. The number of amides is 1. The summed E-state index contributed by atoms with van der Waals surface area (Å²) in [5.74, 6) is 3.33. The van der Waals surface area contributed by atoms with Crippen molar-refractivity contribution in [3.05, 3.63) is 58.5 Å². The molecule has 2 aliphatic heterocycles. The average molecular weight is 672 g/mol. The summed E-state index contributed by atoms with van der Waals surface area (Å²) in [4.78, 5) is 40.8. The maximum atomic E-state index is 14.5. The number of phenols is 2. The molecule has 3 saturated carbocycles. The number of carboxylic acid groups (broad SMARTS) is 1. The molecule has 252 valence electrons. The van der Waals surface area contributed by atoms with E-state index in [-0.39, 0.29) is 47.4 Å². The number of carboxylic acids is 1. The highest BCUT2D eigenvalue weighted by Crippen LogP contribution is 2.72. The number of aromatic hydroxyl groups is 2. The van der Waals surface area contributed by atoms with Gasteiger partial charge in [-0.15, -0.1) is 0 Å². The zero-order valence-corrected chi connectivity index (χ0v) is 28.0. The molecule has 5 N–H and O–H groups in total. The molecule has 4 aliphatic carbocycles. The lowest BCUT2D eigenvalue weighted by atomic mass is 9.51. The maximum absolute atomic E-state index is 14.5. The van der Waals surface area contributed by atoms with Crippen molar-refractivity contribution in [3.63, 3.8) is 0 Å². The number of phenolic OH excluding ortho intramolecular Hbond substituents is 1. The van der Waals surface area contributed by atoms with Gasteiger partial charge >= 0.3 is 5.97 Å². The second kappa shape index (κ2) is 11.7. The Morgan fingerprint density at radius 1 is 1.06 bits per heavy atom. The van der Waals surface area contributed by atoms with Crippen molar-refractivity contribution >= 4 is 35.1 Å². The Balaban J connectivity index is 1.13. The van der Waals surface area contributed by atoms with Gasteiger partial charge in [-0.3, -0.25) is 9.59 Å². The monoisotopic (exact) mass is 671 g/mol. The molecule has 1 spiro atoms. The van der Waals surface area contributed by atoms with Gasteiger partial charge in [0.1, 0.15) is 22.6 Å². The number of ketones is 1. The van der Waals surface area contributed by atoms with Crippen molar-refractivity contribution < 1.29 is 39.5 Å². The highest BCUT2D eigenvalue weighted by atomic mass is 32.2. The van der Waals surface area contributed by atoms with Crippen LogP contribution in [0.2, 0.25) is 0 Å². The normalized spacial score (nSPS) is 32.6. The maximum Gasteiger partial charge on any atom is 0.339 e. The van der Waals surface area contributed by atoms with Crippen molar-refractivity contribution in [1.82, 2.24) is 0 Å². The third-order valence-electron chi connectivity index (χ3n) is 11.7. The number of Topliss-reactive ketones (excluding diaryl/α,β-unsaturated/α-hetero) is 1. The number of allylic oxidation sites excluding steroid dienone is 2. The fourth-order valence-corrected chi connectivity index (χ4v) is 10.6. The van der Waals surface area contributed by atoms with Crippen LogP contribution in [0, 0.1) is 34.5 Å². The summed E-state index contributed by atoms with van der Waals surface area (Å²) in [5.41, 5.74) is -2.35. The van der Waals surface area contributed by atoms with Gasteiger partial charge in [-0.2, -0.15) is 0 Å². The van der Waals surface area contributed by atoms with E-state index in [1.165, 1.54) is 11.8 Å². The number of carbonyl (C=O) groups is 3. The first-order valence-electron chi connectivity index (χ1n) is 16.8. The number of anilines is 1. The van der Waals surface area contributed by atoms with Crippen LogP contribution in [0.15, 0.2) is 52.3 Å². The lowest BCUT2D eigenvalue weighted by Gasteiger charge is -2.56. The Bertz CT molecular complexity index is 1790.